The number of aldehydes is 1. The van der Waals surface area contributed by atoms with Crippen LogP contribution < -0.4 is 16.0 Å². The molecule has 3 saturated carbocycles. The van der Waals surface area contributed by atoms with Crippen LogP contribution in [0, 0.1) is 17.3 Å². The number of hydrogen-bond donors (Lipinski definition) is 3. The first-order valence-corrected chi connectivity index (χ1v) is 12.5. The summed E-state index contributed by atoms with van der Waals surface area (Å²) in [5, 5.41) is 9.07. The van der Waals surface area contributed by atoms with Crippen molar-refractivity contribution in [2.45, 2.75) is 102 Å². The maximum Gasteiger partial charge on any atom is 0.315 e. The zero-order chi connectivity index (χ0) is 22.9. The molecule has 1 heterocycles. The fraction of sp³-hybridized carbons (Fsp3) is 0.833. The molecule has 4 fully saturated rings. The van der Waals surface area contributed by atoms with Crippen LogP contribution in [0.1, 0.15) is 78.1 Å². The van der Waals surface area contributed by atoms with Crippen LogP contribution in [-0.4, -0.2) is 59.7 Å². The van der Waals surface area contributed by atoms with Crippen molar-refractivity contribution in [1.29, 1.82) is 0 Å². The Morgan fingerprint density at radius 1 is 0.969 bits per heavy atom. The smallest absolute Gasteiger partial charge is 0.315 e. The number of rotatable bonds is 8. The minimum Gasteiger partial charge on any atom is -0.351 e. The fourth-order valence-electron chi connectivity index (χ4n) is 5.75. The second-order valence-electron chi connectivity index (χ2n) is 10.7. The highest BCUT2D eigenvalue weighted by atomic mass is 16.2. The van der Waals surface area contributed by atoms with E-state index in [2.05, 4.69) is 16.0 Å². The Morgan fingerprint density at radius 2 is 1.66 bits per heavy atom. The second-order valence-corrected chi connectivity index (χ2v) is 10.7. The summed E-state index contributed by atoms with van der Waals surface area (Å²) in [6.07, 6.45) is 10.1. The van der Waals surface area contributed by atoms with Gasteiger partial charge in [-0.3, -0.25) is 9.59 Å². The fourth-order valence-corrected chi connectivity index (χ4v) is 5.75. The molecule has 0 aromatic rings. The van der Waals surface area contributed by atoms with E-state index in [0.717, 1.165) is 64.1 Å². The molecule has 0 bridgehead atoms. The monoisotopic (exact) mass is 446 g/mol. The summed E-state index contributed by atoms with van der Waals surface area (Å²) >= 11 is 0. The van der Waals surface area contributed by atoms with Gasteiger partial charge in [-0.15, -0.1) is 0 Å². The van der Waals surface area contributed by atoms with Crippen LogP contribution in [0.5, 0.6) is 0 Å². The molecule has 178 valence electrons. The average Bonchev–Trinajstić information content (AvgIpc) is 3.32. The van der Waals surface area contributed by atoms with Crippen molar-refractivity contribution >= 4 is 24.1 Å². The topological polar surface area (TPSA) is 108 Å². The summed E-state index contributed by atoms with van der Waals surface area (Å²) in [5.74, 6) is -0.114. The van der Waals surface area contributed by atoms with E-state index in [1.54, 1.807) is 4.90 Å². The Hall–Kier alpha value is -2.12. The van der Waals surface area contributed by atoms with Crippen LogP contribution in [-0.2, 0) is 14.4 Å². The van der Waals surface area contributed by atoms with Crippen molar-refractivity contribution in [2.24, 2.45) is 17.3 Å². The van der Waals surface area contributed by atoms with Gasteiger partial charge in [0.15, 0.2) is 0 Å². The molecule has 0 spiro atoms. The van der Waals surface area contributed by atoms with Gasteiger partial charge >= 0.3 is 6.03 Å². The standard InChI is InChI=1S/C24H38N4O4/c1-15(2)19(27-23(32)25-17-6-3-4-7-17)22(31)28-13-10-18(26-21(30)16-8-9-16)20(28)24(14-29)11-5-12-24/h14-20H,3-13H2,1-2H3,(H,26,30)(H2,25,27,32). The predicted octanol–water partition coefficient (Wildman–Crippen LogP) is 2.12. The van der Waals surface area contributed by atoms with Crippen molar-refractivity contribution in [3.63, 3.8) is 0 Å². The van der Waals surface area contributed by atoms with E-state index in [1.165, 1.54) is 0 Å². The quantitative estimate of drug-likeness (QED) is 0.496. The Bertz CT molecular complexity index is 740. The molecule has 0 radical (unpaired) electrons. The SMILES string of the molecule is CC(C)C(NC(=O)NC1CCCC1)C(=O)N1CCC(NC(=O)C2CC2)C1C1(C=O)CCC1. The zero-order valence-electron chi connectivity index (χ0n) is 19.4. The lowest BCUT2D eigenvalue weighted by Crippen LogP contribution is -2.62. The molecular weight excluding hydrogens is 408 g/mol. The molecule has 3 N–H and O–H groups in total. The summed E-state index contributed by atoms with van der Waals surface area (Å²) in [7, 11) is 0. The molecule has 4 amide bonds. The average molecular weight is 447 g/mol. The van der Waals surface area contributed by atoms with Crippen LogP contribution in [0.3, 0.4) is 0 Å². The third-order valence-electron chi connectivity index (χ3n) is 7.97. The molecular formula is C24H38N4O4. The van der Waals surface area contributed by atoms with Crippen molar-refractivity contribution in [1.82, 2.24) is 20.9 Å². The highest BCUT2D eigenvalue weighted by Crippen LogP contribution is 2.48. The van der Waals surface area contributed by atoms with Gasteiger partial charge < -0.3 is 25.6 Å². The summed E-state index contributed by atoms with van der Waals surface area (Å²) in [6.45, 7) is 4.34. The first-order valence-electron chi connectivity index (χ1n) is 12.5. The van der Waals surface area contributed by atoms with Gasteiger partial charge in [0.2, 0.25) is 11.8 Å². The van der Waals surface area contributed by atoms with Crippen LogP contribution in [0.2, 0.25) is 0 Å². The second kappa shape index (κ2) is 9.40. The molecule has 1 saturated heterocycles. The van der Waals surface area contributed by atoms with Crippen LogP contribution >= 0.6 is 0 Å². The van der Waals surface area contributed by atoms with Crippen molar-refractivity contribution in [2.75, 3.05) is 6.54 Å². The molecule has 1 aliphatic heterocycles. The van der Waals surface area contributed by atoms with Gasteiger partial charge in [-0.1, -0.05) is 33.1 Å². The van der Waals surface area contributed by atoms with Gasteiger partial charge in [0.25, 0.3) is 0 Å². The van der Waals surface area contributed by atoms with Gasteiger partial charge in [0.1, 0.15) is 12.3 Å². The minimum absolute atomic E-state index is 0.0455. The van der Waals surface area contributed by atoms with E-state index in [-0.39, 0.29) is 47.8 Å². The molecule has 3 aliphatic carbocycles. The lowest BCUT2D eigenvalue weighted by Gasteiger charge is -2.48. The maximum absolute atomic E-state index is 13.7. The van der Waals surface area contributed by atoms with E-state index >= 15 is 0 Å². The van der Waals surface area contributed by atoms with Gasteiger partial charge in [0, 0.05) is 23.9 Å². The summed E-state index contributed by atoms with van der Waals surface area (Å²) < 4.78 is 0. The lowest BCUT2D eigenvalue weighted by molar-refractivity contribution is -0.143. The Kier molecular flexibility index (Phi) is 6.77. The van der Waals surface area contributed by atoms with Gasteiger partial charge in [0.05, 0.1) is 12.1 Å². The van der Waals surface area contributed by atoms with E-state index < -0.39 is 11.5 Å². The first kappa shape index (κ1) is 23.1. The third kappa shape index (κ3) is 4.64. The lowest BCUT2D eigenvalue weighted by atomic mass is 9.63. The molecule has 8 heteroatoms. The normalized spacial score (nSPS) is 28.2. The number of amides is 4. The largest absolute Gasteiger partial charge is 0.351 e. The van der Waals surface area contributed by atoms with Crippen LogP contribution in [0.15, 0.2) is 0 Å². The Morgan fingerprint density at radius 3 is 2.19 bits per heavy atom. The van der Waals surface area contributed by atoms with E-state index in [0.29, 0.717) is 13.0 Å². The number of carbonyl (C=O) groups excluding carboxylic acids is 4. The number of urea groups is 1. The molecule has 0 aromatic heterocycles. The minimum atomic E-state index is -0.666. The number of nitrogens with zero attached hydrogens (tertiary/aromatic N) is 1. The molecule has 0 aromatic carbocycles. The van der Waals surface area contributed by atoms with Crippen molar-refractivity contribution in [3.8, 4) is 0 Å². The number of hydrogen-bond acceptors (Lipinski definition) is 4. The molecule has 32 heavy (non-hydrogen) atoms. The molecule has 4 rings (SSSR count). The molecule has 3 unspecified atom stereocenters. The van der Waals surface area contributed by atoms with E-state index in [1.807, 2.05) is 13.8 Å². The number of carbonyl (C=O) groups is 4. The summed E-state index contributed by atoms with van der Waals surface area (Å²) in [4.78, 5) is 52.8. The third-order valence-corrected chi connectivity index (χ3v) is 7.97. The highest BCUT2D eigenvalue weighted by Gasteiger charge is 2.55. The molecule has 8 nitrogen and oxygen atoms in total. The predicted molar refractivity (Wildman–Crippen MR) is 120 cm³/mol. The van der Waals surface area contributed by atoms with Crippen molar-refractivity contribution < 1.29 is 19.2 Å². The van der Waals surface area contributed by atoms with E-state index in [4.69, 9.17) is 0 Å². The molecule has 4 aliphatic rings. The highest BCUT2D eigenvalue weighted by molar-refractivity contribution is 5.88. The Balaban J connectivity index is 1.48. The van der Waals surface area contributed by atoms with E-state index in [9.17, 15) is 19.2 Å². The van der Waals surface area contributed by atoms with Crippen LogP contribution in [0.25, 0.3) is 0 Å². The summed E-state index contributed by atoms with van der Waals surface area (Å²) in [6, 6.07) is -1.34. The van der Waals surface area contributed by atoms with Gasteiger partial charge in [-0.25, -0.2) is 4.79 Å². The van der Waals surface area contributed by atoms with Crippen LogP contribution in [0.4, 0.5) is 4.79 Å². The number of nitrogens with one attached hydrogen (secondary N) is 3. The number of likely N-dealkylation sites (tertiary alicyclic amines) is 1. The van der Waals surface area contributed by atoms with Gasteiger partial charge in [-0.2, -0.15) is 0 Å². The van der Waals surface area contributed by atoms with Gasteiger partial charge in [-0.05, 0) is 50.9 Å². The van der Waals surface area contributed by atoms with Crippen molar-refractivity contribution in [3.05, 3.63) is 0 Å². The first-order chi connectivity index (χ1) is 15.3. The Labute approximate surface area is 190 Å². The maximum atomic E-state index is 13.7. The summed E-state index contributed by atoms with van der Waals surface area (Å²) in [5.41, 5.74) is -0.596. The molecule has 3 atom stereocenters. The zero-order valence-corrected chi connectivity index (χ0v) is 19.4.